The summed E-state index contributed by atoms with van der Waals surface area (Å²) in [5.41, 5.74) is 2.13. The number of rotatable bonds is 1. The van der Waals surface area contributed by atoms with Gasteiger partial charge in [-0.2, -0.15) is 0 Å². The zero-order valence-corrected chi connectivity index (χ0v) is 12.1. The molecule has 0 aromatic carbocycles. The van der Waals surface area contributed by atoms with Crippen LogP contribution >= 0.6 is 0 Å². The maximum atomic E-state index is 12.1. The van der Waals surface area contributed by atoms with Crippen LogP contribution in [0, 0.1) is 24.2 Å². The fourth-order valence-electron chi connectivity index (χ4n) is 3.71. The number of fused-ring (bicyclic) bond motifs is 2. The molecule has 0 bridgehead atoms. The summed E-state index contributed by atoms with van der Waals surface area (Å²) in [4.78, 5) is 12.1. The molecule has 108 valence electrons. The Bertz CT molecular complexity index is 571. The van der Waals surface area contributed by atoms with Gasteiger partial charge >= 0.3 is 5.97 Å². The van der Waals surface area contributed by atoms with Gasteiger partial charge in [-0.05, 0) is 35.8 Å². The summed E-state index contributed by atoms with van der Waals surface area (Å²) >= 11 is 0. The van der Waals surface area contributed by atoms with Crippen LogP contribution in [0.2, 0.25) is 0 Å². The second-order valence-electron chi connectivity index (χ2n) is 6.21. The number of carbonyl (C=O) groups is 1. The summed E-state index contributed by atoms with van der Waals surface area (Å²) < 4.78 is 10.5. The Morgan fingerprint density at radius 2 is 2.30 bits per heavy atom. The fourth-order valence-corrected chi connectivity index (χ4v) is 3.71. The number of aliphatic hydroxyl groups excluding tert-OH is 1. The molecule has 20 heavy (non-hydrogen) atoms. The van der Waals surface area contributed by atoms with E-state index in [9.17, 15) is 9.90 Å². The monoisotopic (exact) mass is 276 g/mol. The highest BCUT2D eigenvalue weighted by Crippen LogP contribution is 2.49. The zero-order valence-electron chi connectivity index (χ0n) is 12.1. The summed E-state index contributed by atoms with van der Waals surface area (Å²) in [7, 11) is 1.38. The molecule has 0 radical (unpaired) electrons. The molecule has 1 unspecified atom stereocenters. The minimum atomic E-state index is -0.769. The van der Waals surface area contributed by atoms with Gasteiger partial charge in [0.2, 0.25) is 0 Å². The van der Waals surface area contributed by atoms with Gasteiger partial charge in [0, 0.05) is 6.42 Å². The van der Waals surface area contributed by atoms with Gasteiger partial charge in [0.15, 0.2) is 0 Å². The summed E-state index contributed by atoms with van der Waals surface area (Å²) in [5, 5.41) is 10.2. The van der Waals surface area contributed by atoms with Gasteiger partial charge in [-0.15, -0.1) is 0 Å². The number of allylic oxidation sites excluding steroid dienone is 1. The summed E-state index contributed by atoms with van der Waals surface area (Å²) in [5.74, 6) is 0.213. The second-order valence-corrected chi connectivity index (χ2v) is 6.21. The molecule has 1 aromatic rings. The molecule has 4 atom stereocenters. The maximum absolute atomic E-state index is 12.1. The summed E-state index contributed by atoms with van der Waals surface area (Å²) in [6.45, 7) is 4.14. The number of hydrogen-bond acceptors (Lipinski definition) is 4. The minimum absolute atomic E-state index is 0.0405. The van der Waals surface area contributed by atoms with E-state index < -0.39 is 12.0 Å². The molecule has 3 rings (SSSR count). The number of hydrogen-bond donors (Lipinski definition) is 1. The molecule has 0 spiro atoms. The van der Waals surface area contributed by atoms with E-state index in [1.54, 1.807) is 12.3 Å². The van der Waals surface area contributed by atoms with E-state index in [0.29, 0.717) is 0 Å². The number of methoxy groups -OCH3 is 1. The van der Waals surface area contributed by atoms with E-state index in [0.717, 1.165) is 24.2 Å². The first kappa shape index (κ1) is 13.4. The van der Waals surface area contributed by atoms with Crippen molar-refractivity contribution >= 4 is 5.97 Å². The highest BCUT2D eigenvalue weighted by atomic mass is 16.5. The van der Waals surface area contributed by atoms with E-state index in [2.05, 4.69) is 6.92 Å². The van der Waals surface area contributed by atoms with Crippen molar-refractivity contribution in [2.24, 2.45) is 17.3 Å². The standard InChI is InChI=1S/C16H20O4/c1-9-8-20-13-7-16(2)5-4-12(17)14(15(18)19-3)11(16)6-10(9)13/h4-5,8,11-12,14,17H,6-7H2,1-3H3/t11-,12?,14-,16-/m0/s1. The molecule has 0 aliphatic heterocycles. The molecule has 1 aromatic heterocycles. The number of furan rings is 1. The van der Waals surface area contributed by atoms with Gasteiger partial charge in [-0.1, -0.05) is 19.1 Å². The second kappa shape index (κ2) is 4.48. The first-order valence-corrected chi connectivity index (χ1v) is 6.97. The number of carbonyl (C=O) groups excluding carboxylic acids is 1. The number of esters is 1. The van der Waals surface area contributed by atoms with Crippen LogP contribution < -0.4 is 0 Å². The third-order valence-corrected chi connectivity index (χ3v) is 4.95. The van der Waals surface area contributed by atoms with Crippen molar-refractivity contribution in [3.8, 4) is 0 Å². The van der Waals surface area contributed by atoms with Crippen LogP contribution in [0.5, 0.6) is 0 Å². The molecule has 2 aliphatic carbocycles. The maximum Gasteiger partial charge on any atom is 0.311 e. The van der Waals surface area contributed by atoms with Gasteiger partial charge in [0.1, 0.15) is 5.76 Å². The Labute approximate surface area is 118 Å². The van der Waals surface area contributed by atoms with E-state index in [1.165, 1.54) is 12.7 Å². The van der Waals surface area contributed by atoms with Crippen molar-refractivity contribution in [3.05, 3.63) is 35.3 Å². The third-order valence-electron chi connectivity index (χ3n) is 4.95. The molecule has 0 saturated heterocycles. The van der Waals surface area contributed by atoms with Gasteiger partial charge in [-0.25, -0.2) is 0 Å². The van der Waals surface area contributed by atoms with E-state index in [4.69, 9.17) is 9.15 Å². The average Bonchev–Trinajstić information content (AvgIpc) is 2.77. The predicted molar refractivity (Wildman–Crippen MR) is 73.1 cm³/mol. The molecule has 1 heterocycles. The lowest BCUT2D eigenvalue weighted by atomic mass is 9.58. The molecular weight excluding hydrogens is 256 g/mol. The molecule has 1 N–H and O–H groups in total. The number of ether oxygens (including phenoxy) is 1. The van der Waals surface area contributed by atoms with Crippen LogP contribution in [0.15, 0.2) is 22.8 Å². The summed E-state index contributed by atoms with van der Waals surface area (Å²) in [6, 6.07) is 0. The molecule has 4 heteroatoms. The number of aryl methyl sites for hydroxylation is 1. The van der Waals surface area contributed by atoms with Crippen molar-refractivity contribution in [1.29, 1.82) is 0 Å². The highest BCUT2D eigenvalue weighted by molar-refractivity contribution is 5.74. The molecular formula is C16H20O4. The smallest absolute Gasteiger partial charge is 0.311 e. The summed E-state index contributed by atoms with van der Waals surface area (Å²) in [6.07, 6.45) is 6.27. The Balaban J connectivity index is 2.05. The normalized spacial score (nSPS) is 35.3. The first-order chi connectivity index (χ1) is 9.46. The topological polar surface area (TPSA) is 59.7 Å². The van der Waals surface area contributed by atoms with Crippen LogP contribution in [0.3, 0.4) is 0 Å². The molecule has 4 nitrogen and oxygen atoms in total. The van der Waals surface area contributed by atoms with E-state index >= 15 is 0 Å². The Morgan fingerprint density at radius 3 is 3.00 bits per heavy atom. The van der Waals surface area contributed by atoms with Crippen LogP contribution in [0.1, 0.15) is 23.8 Å². The predicted octanol–water partition coefficient (Wildman–Crippen LogP) is 2.03. The van der Waals surface area contributed by atoms with Crippen molar-refractivity contribution in [3.63, 3.8) is 0 Å². The fraction of sp³-hybridized carbons (Fsp3) is 0.562. The Morgan fingerprint density at radius 1 is 1.55 bits per heavy atom. The molecule has 2 aliphatic rings. The van der Waals surface area contributed by atoms with Crippen LogP contribution in [0.25, 0.3) is 0 Å². The minimum Gasteiger partial charge on any atom is -0.469 e. The third kappa shape index (κ3) is 1.82. The SMILES string of the molecule is COC(=O)[C@@H]1C(O)C=C[C@@]2(C)Cc3occ(C)c3C[C@@H]12. The lowest BCUT2D eigenvalue weighted by molar-refractivity contribution is -0.154. The van der Waals surface area contributed by atoms with Gasteiger partial charge in [0.05, 0.1) is 25.4 Å². The van der Waals surface area contributed by atoms with Crippen molar-refractivity contribution in [2.75, 3.05) is 7.11 Å². The van der Waals surface area contributed by atoms with Gasteiger partial charge < -0.3 is 14.3 Å². The average molecular weight is 276 g/mol. The van der Waals surface area contributed by atoms with Crippen LogP contribution in [0.4, 0.5) is 0 Å². The Kier molecular flexibility index (Phi) is 3.01. The van der Waals surface area contributed by atoms with Gasteiger partial charge in [0.25, 0.3) is 0 Å². The molecule has 0 amide bonds. The Hall–Kier alpha value is -1.55. The van der Waals surface area contributed by atoms with Crippen LogP contribution in [-0.4, -0.2) is 24.3 Å². The van der Waals surface area contributed by atoms with Crippen LogP contribution in [-0.2, 0) is 22.4 Å². The van der Waals surface area contributed by atoms with Crippen molar-refractivity contribution < 1.29 is 19.1 Å². The highest BCUT2D eigenvalue weighted by Gasteiger charge is 2.50. The van der Waals surface area contributed by atoms with Crippen molar-refractivity contribution in [2.45, 2.75) is 32.8 Å². The first-order valence-electron chi connectivity index (χ1n) is 6.97. The lowest BCUT2D eigenvalue weighted by Crippen LogP contribution is -2.48. The van der Waals surface area contributed by atoms with E-state index in [-0.39, 0.29) is 17.3 Å². The van der Waals surface area contributed by atoms with Gasteiger partial charge in [-0.3, -0.25) is 4.79 Å². The van der Waals surface area contributed by atoms with E-state index in [1.807, 2.05) is 13.0 Å². The lowest BCUT2D eigenvalue weighted by Gasteiger charge is -2.46. The molecule has 0 saturated carbocycles. The van der Waals surface area contributed by atoms with Crippen molar-refractivity contribution in [1.82, 2.24) is 0 Å². The molecule has 0 fully saturated rings. The quantitative estimate of drug-likeness (QED) is 0.630. The number of aliphatic hydroxyl groups is 1. The largest absolute Gasteiger partial charge is 0.469 e. The zero-order chi connectivity index (χ0) is 14.5.